The highest BCUT2D eigenvalue weighted by molar-refractivity contribution is 7.89. The summed E-state index contributed by atoms with van der Waals surface area (Å²) in [5.74, 6) is 0.0187. The van der Waals surface area contributed by atoms with Gasteiger partial charge in [-0.2, -0.15) is 0 Å². The van der Waals surface area contributed by atoms with Crippen molar-refractivity contribution in [3.8, 4) is 0 Å². The third-order valence-corrected chi connectivity index (χ3v) is 4.78. The van der Waals surface area contributed by atoms with Crippen LogP contribution in [0.4, 0.5) is 0 Å². The van der Waals surface area contributed by atoms with E-state index in [0.717, 1.165) is 24.9 Å². The number of rotatable bonds is 4. The zero-order valence-electron chi connectivity index (χ0n) is 12.1. The molecule has 1 unspecified atom stereocenters. The van der Waals surface area contributed by atoms with E-state index < -0.39 is 10.0 Å². The molecule has 1 fully saturated rings. The van der Waals surface area contributed by atoms with Crippen molar-refractivity contribution in [2.45, 2.75) is 31.2 Å². The van der Waals surface area contributed by atoms with Crippen LogP contribution in [0, 0.1) is 5.41 Å². The summed E-state index contributed by atoms with van der Waals surface area (Å²) in [5.41, 5.74) is 0.460. The van der Waals surface area contributed by atoms with Crippen molar-refractivity contribution in [2.24, 2.45) is 10.6 Å². The van der Waals surface area contributed by atoms with Gasteiger partial charge in [-0.15, -0.1) is 0 Å². The summed E-state index contributed by atoms with van der Waals surface area (Å²) in [6.07, 6.45) is 1.86. The lowest BCUT2D eigenvalue weighted by Crippen LogP contribution is -2.48. The van der Waals surface area contributed by atoms with Gasteiger partial charge in [-0.3, -0.25) is 4.79 Å². The number of amides is 1. The van der Waals surface area contributed by atoms with Crippen molar-refractivity contribution in [3.63, 3.8) is 0 Å². The van der Waals surface area contributed by atoms with Gasteiger partial charge in [0.15, 0.2) is 0 Å². The number of carbonyl (C=O) groups is 1. The standard InChI is InChI=1S/C14H21N3O3S/c1-14(7-2-8-16-10-14)13(18)17-9-11-3-5-12(6-4-11)21(15,19)20/h3-6,16H,2,7-10H2,1H3,(H,17,18)(H2,15,19,20). The molecule has 0 aromatic heterocycles. The first-order valence-corrected chi connectivity index (χ1v) is 8.47. The Morgan fingerprint density at radius 1 is 1.38 bits per heavy atom. The fourth-order valence-corrected chi connectivity index (χ4v) is 2.96. The Bertz CT molecular complexity index is 605. The summed E-state index contributed by atoms with van der Waals surface area (Å²) < 4.78 is 22.3. The lowest BCUT2D eigenvalue weighted by atomic mass is 9.82. The summed E-state index contributed by atoms with van der Waals surface area (Å²) >= 11 is 0. The smallest absolute Gasteiger partial charge is 0.238 e. The van der Waals surface area contributed by atoms with Crippen LogP contribution in [0.15, 0.2) is 29.2 Å². The van der Waals surface area contributed by atoms with Crippen molar-refractivity contribution >= 4 is 15.9 Å². The SMILES string of the molecule is CC1(C(=O)NCc2ccc(S(N)(=O)=O)cc2)CCCNC1. The van der Waals surface area contributed by atoms with Crippen molar-refractivity contribution in [1.29, 1.82) is 0 Å². The zero-order valence-corrected chi connectivity index (χ0v) is 12.9. The molecule has 0 aliphatic carbocycles. The van der Waals surface area contributed by atoms with E-state index in [4.69, 9.17) is 5.14 Å². The molecule has 1 aromatic rings. The quantitative estimate of drug-likeness (QED) is 0.746. The van der Waals surface area contributed by atoms with Gasteiger partial charge in [-0.25, -0.2) is 13.6 Å². The van der Waals surface area contributed by atoms with Crippen molar-refractivity contribution in [1.82, 2.24) is 10.6 Å². The molecular weight excluding hydrogens is 290 g/mol. The van der Waals surface area contributed by atoms with E-state index in [2.05, 4.69) is 10.6 Å². The molecule has 2 rings (SSSR count). The van der Waals surface area contributed by atoms with E-state index in [0.29, 0.717) is 13.1 Å². The van der Waals surface area contributed by atoms with E-state index in [9.17, 15) is 13.2 Å². The molecular formula is C14H21N3O3S. The minimum atomic E-state index is -3.67. The molecule has 4 N–H and O–H groups in total. The van der Waals surface area contributed by atoms with Crippen molar-refractivity contribution in [3.05, 3.63) is 29.8 Å². The molecule has 0 saturated carbocycles. The largest absolute Gasteiger partial charge is 0.352 e. The highest BCUT2D eigenvalue weighted by Crippen LogP contribution is 2.25. The van der Waals surface area contributed by atoms with Crippen molar-refractivity contribution < 1.29 is 13.2 Å². The fraction of sp³-hybridized carbons (Fsp3) is 0.500. The summed E-state index contributed by atoms with van der Waals surface area (Å²) in [5, 5.41) is 11.2. The zero-order chi connectivity index (χ0) is 15.5. The normalized spacial score (nSPS) is 22.8. The number of benzene rings is 1. The molecule has 1 atom stereocenters. The van der Waals surface area contributed by atoms with Crippen LogP contribution in [0.25, 0.3) is 0 Å². The molecule has 1 aromatic carbocycles. The molecule has 0 spiro atoms. The first-order chi connectivity index (χ1) is 9.81. The molecule has 116 valence electrons. The van der Waals surface area contributed by atoms with E-state index in [-0.39, 0.29) is 16.2 Å². The number of carbonyl (C=O) groups excluding carboxylic acids is 1. The third kappa shape index (κ3) is 4.03. The van der Waals surface area contributed by atoms with Gasteiger partial charge in [0.2, 0.25) is 15.9 Å². The van der Waals surface area contributed by atoms with Gasteiger partial charge in [0, 0.05) is 13.1 Å². The fourth-order valence-electron chi connectivity index (χ4n) is 2.44. The highest BCUT2D eigenvalue weighted by Gasteiger charge is 2.34. The third-order valence-electron chi connectivity index (χ3n) is 3.85. The monoisotopic (exact) mass is 311 g/mol. The summed E-state index contributed by atoms with van der Waals surface area (Å²) in [7, 11) is -3.67. The number of nitrogens with two attached hydrogens (primary N) is 1. The Balaban J connectivity index is 1.95. The van der Waals surface area contributed by atoms with Crippen LogP contribution in [0.2, 0.25) is 0 Å². The first-order valence-electron chi connectivity index (χ1n) is 6.92. The maximum atomic E-state index is 12.3. The number of hydrogen-bond acceptors (Lipinski definition) is 4. The Morgan fingerprint density at radius 3 is 2.57 bits per heavy atom. The van der Waals surface area contributed by atoms with Gasteiger partial charge in [0.25, 0.3) is 0 Å². The minimum absolute atomic E-state index is 0.0187. The van der Waals surface area contributed by atoms with Crippen LogP contribution < -0.4 is 15.8 Å². The van der Waals surface area contributed by atoms with Gasteiger partial charge in [-0.05, 0) is 44.0 Å². The topological polar surface area (TPSA) is 101 Å². The molecule has 7 heteroatoms. The molecule has 1 heterocycles. The van der Waals surface area contributed by atoms with Gasteiger partial charge in [0.1, 0.15) is 0 Å². The van der Waals surface area contributed by atoms with E-state index in [1.807, 2.05) is 6.92 Å². The molecule has 0 bridgehead atoms. The average Bonchev–Trinajstić information content (AvgIpc) is 2.45. The van der Waals surface area contributed by atoms with Gasteiger partial charge in [-0.1, -0.05) is 12.1 Å². The summed E-state index contributed by atoms with van der Waals surface area (Å²) in [6.45, 7) is 3.97. The molecule has 1 aliphatic rings. The second kappa shape index (κ2) is 6.13. The van der Waals surface area contributed by atoms with Crippen LogP contribution >= 0.6 is 0 Å². The Labute approximate surface area is 125 Å². The number of sulfonamides is 1. The second-order valence-electron chi connectivity index (χ2n) is 5.71. The molecule has 0 radical (unpaired) electrons. The predicted octanol–water partition coefficient (Wildman–Crippen LogP) is 0.340. The molecule has 1 amide bonds. The van der Waals surface area contributed by atoms with Gasteiger partial charge >= 0.3 is 0 Å². The molecule has 6 nitrogen and oxygen atoms in total. The summed E-state index contributed by atoms with van der Waals surface area (Å²) in [6, 6.07) is 6.20. The van der Waals surface area contributed by atoms with Crippen LogP contribution in [-0.4, -0.2) is 27.4 Å². The van der Waals surface area contributed by atoms with Gasteiger partial charge < -0.3 is 10.6 Å². The van der Waals surface area contributed by atoms with Crippen LogP contribution in [0.3, 0.4) is 0 Å². The predicted molar refractivity (Wildman–Crippen MR) is 79.9 cm³/mol. The number of piperidine rings is 1. The second-order valence-corrected chi connectivity index (χ2v) is 7.27. The van der Waals surface area contributed by atoms with Crippen molar-refractivity contribution in [2.75, 3.05) is 13.1 Å². The number of hydrogen-bond donors (Lipinski definition) is 3. The molecule has 1 saturated heterocycles. The minimum Gasteiger partial charge on any atom is -0.352 e. The molecule has 1 aliphatic heterocycles. The average molecular weight is 311 g/mol. The molecule has 21 heavy (non-hydrogen) atoms. The number of primary sulfonamides is 1. The lowest BCUT2D eigenvalue weighted by molar-refractivity contribution is -0.131. The van der Waals surface area contributed by atoms with Gasteiger partial charge in [0.05, 0.1) is 10.3 Å². The maximum absolute atomic E-state index is 12.3. The van der Waals surface area contributed by atoms with E-state index in [1.54, 1.807) is 12.1 Å². The Hall–Kier alpha value is -1.44. The summed E-state index contributed by atoms with van der Waals surface area (Å²) in [4.78, 5) is 12.3. The van der Waals surface area contributed by atoms with E-state index in [1.165, 1.54) is 12.1 Å². The van der Waals surface area contributed by atoms with E-state index >= 15 is 0 Å². The maximum Gasteiger partial charge on any atom is 0.238 e. The lowest BCUT2D eigenvalue weighted by Gasteiger charge is -2.32. The van der Waals surface area contributed by atoms with Crippen LogP contribution in [0.5, 0.6) is 0 Å². The number of nitrogens with one attached hydrogen (secondary N) is 2. The van der Waals surface area contributed by atoms with Crippen LogP contribution in [0.1, 0.15) is 25.3 Å². The first kappa shape index (κ1) is 15.9. The Kier molecular flexibility index (Phi) is 4.65. The Morgan fingerprint density at radius 2 is 2.05 bits per heavy atom. The van der Waals surface area contributed by atoms with Crippen LogP contribution in [-0.2, 0) is 21.4 Å². The highest BCUT2D eigenvalue weighted by atomic mass is 32.2.